The van der Waals surface area contributed by atoms with E-state index < -0.39 is 10.0 Å². The van der Waals surface area contributed by atoms with Gasteiger partial charge in [-0.15, -0.1) is 0 Å². The second-order valence-electron chi connectivity index (χ2n) is 5.06. The Morgan fingerprint density at radius 3 is 2.48 bits per heavy atom. The number of anilines is 1. The highest BCUT2D eigenvalue weighted by molar-refractivity contribution is 7.89. The van der Waals surface area contributed by atoms with Crippen molar-refractivity contribution in [2.45, 2.75) is 25.3 Å². The molecule has 0 radical (unpaired) electrons. The van der Waals surface area contributed by atoms with Crippen LogP contribution in [0.4, 0.5) is 5.69 Å². The molecule has 112 valence electrons. The summed E-state index contributed by atoms with van der Waals surface area (Å²) in [6.45, 7) is 3.80. The number of benzene rings is 1. The van der Waals surface area contributed by atoms with E-state index in [2.05, 4.69) is 4.98 Å². The van der Waals surface area contributed by atoms with Gasteiger partial charge in [-0.2, -0.15) is 4.31 Å². The number of pyridine rings is 1. The summed E-state index contributed by atoms with van der Waals surface area (Å²) < 4.78 is 26.8. The maximum atomic E-state index is 12.8. The number of rotatable bonds is 4. The molecule has 0 aliphatic heterocycles. The molecule has 0 saturated heterocycles. The lowest BCUT2D eigenvalue weighted by atomic mass is 10.1. The average molecular weight is 305 g/mol. The molecule has 0 aliphatic rings. The Hall–Kier alpha value is -1.92. The first-order chi connectivity index (χ1) is 9.84. The number of nitrogens with two attached hydrogens (primary N) is 1. The number of aromatic nitrogens is 1. The molecule has 1 aromatic heterocycles. The van der Waals surface area contributed by atoms with Crippen LogP contribution < -0.4 is 5.73 Å². The molecule has 6 heteroatoms. The summed E-state index contributed by atoms with van der Waals surface area (Å²) in [4.78, 5) is 4.18. The van der Waals surface area contributed by atoms with E-state index in [1.807, 2.05) is 12.1 Å². The molecule has 2 rings (SSSR count). The second-order valence-corrected chi connectivity index (χ2v) is 7.05. The third-order valence-electron chi connectivity index (χ3n) is 3.41. The third-order valence-corrected chi connectivity index (χ3v) is 5.41. The zero-order valence-electron chi connectivity index (χ0n) is 12.4. The average Bonchev–Trinajstić information content (AvgIpc) is 2.44. The van der Waals surface area contributed by atoms with E-state index in [1.165, 1.54) is 4.31 Å². The van der Waals surface area contributed by atoms with Crippen LogP contribution in [0, 0.1) is 13.8 Å². The standard InChI is InChI=1S/C15H19N3O2S/c1-11-6-7-12(2)15(14(11)16)21(19,20)18(3)10-13-5-4-8-17-9-13/h4-9H,10,16H2,1-3H3. The maximum absolute atomic E-state index is 12.8. The molecule has 0 aliphatic carbocycles. The van der Waals surface area contributed by atoms with Crippen LogP contribution in [-0.2, 0) is 16.6 Å². The number of sulfonamides is 1. The molecule has 0 saturated carbocycles. The zero-order valence-corrected chi connectivity index (χ0v) is 13.2. The van der Waals surface area contributed by atoms with Gasteiger partial charge in [-0.05, 0) is 36.6 Å². The third kappa shape index (κ3) is 3.06. The Morgan fingerprint density at radius 2 is 1.86 bits per heavy atom. The van der Waals surface area contributed by atoms with Crippen LogP contribution in [0.2, 0.25) is 0 Å². The quantitative estimate of drug-likeness (QED) is 0.878. The van der Waals surface area contributed by atoms with Crippen LogP contribution in [0.15, 0.2) is 41.6 Å². The number of nitrogens with zero attached hydrogens (tertiary/aromatic N) is 2. The number of hydrogen-bond donors (Lipinski definition) is 1. The van der Waals surface area contributed by atoms with Crippen LogP contribution >= 0.6 is 0 Å². The van der Waals surface area contributed by atoms with Crippen molar-refractivity contribution in [3.8, 4) is 0 Å². The molecule has 0 fully saturated rings. The van der Waals surface area contributed by atoms with Gasteiger partial charge in [0.2, 0.25) is 10.0 Å². The molecule has 1 heterocycles. The highest BCUT2D eigenvalue weighted by Gasteiger charge is 2.26. The minimum Gasteiger partial charge on any atom is -0.397 e. The molecule has 1 aromatic carbocycles. The van der Waals surface area contributed by atoms with Gasteiger partial charge in [-0.1, -0.05) is 18.2 Å². The molecule has 5 nitrogen and oxygen atoms in total. The van der Waals surface area contributed by atoms with Crippen LogP contribution in [0.3, 0.4) is 0 Å². The lowest BCUT2D eigenvalue weighted by Crippen LogP contribution is -2.28. The normalized spacial score (nSPS) is 11.8. The fourth-order valence-corrected chi connectivity index (χ4v) is 3.68. The SMILES string of the molecule is Cc1ccc(C)c(S(=O)(=O)N(C)Cc2cccnc2)c1N. The van der Waals surface area contributed by atoms with Gasteiger partial charge in [-0.25, -0.2) is 8.42 Å². The Kier molecular flexibility index (Phi) is 4.29. The molecule has 0 bridgehead atoms. The summed E-state index contributed by atoms with van der Waals surface area (Å²) in [6.07, 6.45) is 3.30. The van der Waals surface area contributed by atoms with Crippen molar-refractivity contribution >= 4 is 15.7 Å². The molecule has 21 heavy (non-hydrogen) atoms. The molecule has 0 spiro atoms. The Bertz CT molecular complexity index is 743. The van der Waals surface area contributed by atoms with Gasteiger partial charge in [-0.3, -0.25) is 4.98 Å². The van der Waals surface area contributed by atoms with Gasteiger partial charge >= 0.3 is 0 Å². The topological polar surface area (TPSA) is 76.3 Å². The van der Waals surface area contributed by atoms with E-state index in [4.69, 9.17) is 5.73 Å². The minimum atomic E-state index is -3.64. The summed E-state index contributed by atoms with van der Waals surface area (Å²) in [5, 5.41) is 0. The van der Waals surface area contributed by atoms with Crippen molar-refractivity contribution < 1.29 is 8.42 Å². The van der Waals surface area contributed by atoms with E-state index in [1.54, 1.807) is 45.4 Å². The van der Waals surface area contributed by atoms with E-state index in [0.29, 0.717) is 11.3 Å². The Labute approximate surface area is 125 Å². The van der Waals surface area contributed by atoms with E-state index >= 15 is 0 Å². The molecule has 2 aromatic rings. The summed E-state index contributed by atoms with van der Waals surface area (Å²) in [7, 11) is -2.10. The lowest BCUT2D eigenvalue weighted by molar-refractivity contribution is 0.466. The summed E-state index contributed by atoms with van der Waals surface area (Å²) >= 11 is 0. The number of nitrogen functional groups attached to an aromatic ring is 1. The van der Waals surface area contributed by atoms with Gasteiger partial charge in [0.25, 0.3) is 0 Å². The Morgan fingerprint density at radius 1 is 1.19 bits per heavy atom. The van der Waals surface area contributed by atoms with Gasteiger partial charge < -0.3 is 5.73 Å². The van der Waals surface area contributed by atoms with Crippen molar-refractivity contribution in [1.82, 2.24) is 9.29 Å². The van der Waals surface area contributed by atoms with Crippen LogP contribution in [0.5, 0.6) is 0 Å². The van der Waals surface area contributed by atoms with Gasteiger partial charge in [0.1, 0.15) is 4.90 Å². The fourth-order valence-electron chi connectivity index (χ4n) is 2.14. The summed E-state index contributed by atoms with van der Waals surface area (Å²) in [5.41, 5.74) is 8.53. The molecule has 2 N–H and O–H groups in total. The second kappa shape index (κ2) is 5.83. The van der Waals surface area contributed by atoms with E-state index in [0.717, 1.165) is 11.1 Å². The molecule has 0 amide bonds. The predicted molar refractivity (Wildman–Crippen MR) is 83.2 cm³/mol. The fraction of sp³-hybridized carbons (Fsp3) is 0.267. The molecular weight excluding hydrogens is 286 g/mol. The van der Waals surface area contributed by atoms with Gasteiger partial charge in [0.15, 0.2) is 0 Å². The highest BCUT2D eigenvalue weighted by Crippen LogP contribution is 2.28. The van der Waals surface area contributed by atoms with E-state index in [9.17, 15) is 8.42 Å². The predicted octanol–water partition coefficient (Wildman–Crippen LogP) is 2.10. The zero-order chi connectivity index (χ0) is 15.6. The molecular formula is C15H19N3O2S. The maximum Gasteiger partial charge on any atom is 0.245 e. The van der Waals surface area contributed by atoms with Gasteiger partial charge in [0, 0.05) is 26.0 Å². The highest BCUT2D eigenvalue weighted by atomic mass is 32.2. The first-order valence-electron chi connectivity index (χ1n) is 6.55. The van der Waals surface area contributed by atoms with Crippen molar-refractivity contribution in [3.63, 3.8) is 0 Å². The van der Waals surface area contributed by atoms with Crippen molar-refractivity contribution in [1.29, 1.82) is 0 Å². The Balaban J connectivity index is 2.41. The largest absolute Gasteiger partial charge is 0.397 e. The smallest absolute Gasteiger partial charge is 0.245 e. The minimum absolute atomic E-state index is 0.189. The van der Waals surface area contributed by atoms with Crippen LogP contribution in [0.1, 0.15) is 16.7 Å². The van der Waals surface area contributed by atoms with Gasteiger partial charge in [0.05, 0.1) is 5.69 Å². The lowest BCUT2D eigenvalue weighted by Gasteiger charge is -2.20. The summed E-state index contributed by atoms with van der Waals surface area (Å²) in [6, 6.07) is 7.22. The van der Waals surface area contributed by atoms with Crippen molar-refractivity contribution in [3.05, 3.63) is 53.3 Å². The first kappa shape index (κ1) is 15.5. The van der Waals surface area contributed by atoms with Crippen molar-refractivity contribution in [2.75, 3.05) is 12.8 Å². The summed E-state index contributed by atoms with van der Waals surface area (Å²) in [5.74, 6) is 0. The monoisotopic (exact) mass is 305 g/mol. The van der Waals surface area contributed by atoms with Crippen LogP contribution in [0.25, 0.3) is 0 Å². The molecule has 0 unspecified atom stereocenters. The van der Waals surface area contributed by atoms with E-state index in [-0.39, 0.29) is 11.4 Å². The number of aryl methyl sites for hydroxylation is 2. The van der Waals surface area contributed by atoms with Crippen LogP contribution in [-0.4, -0.2) is 24.8 Å². The molecule has 0 atom stereocenters. The van der Waals surface area contributed by atoms with Crippen molar-refractivity contribution in [2.24, 2.45) is 0 Å². The number of hydrogen-bond acceptors (Lipinski definition) is 4. The first-order valence-corrected chi connectivity index (χ1v) is 7.99.